The summed E-state index contributed by atoms with van der Waals surface area (Å²) >= 11 is 0. The zero-order valence-electron chi connectivity index (χ0n) is 16.4. The van der Waals surface area contributed by atoms with E-state index in [4.69, 9.17) is 4.52 Å². The molecule has 0 N–H and O–H groups in total. The van der Waals surface area contributed by atoms with Crippen LogP contribution in [0.4, 0.5) is 10.2 Å². The van der Waals surface area contributed by atoms with E-state index in [-0.39, 0.29) is 5.82 Å². The third-order valence-corrected chi connectivity index (χ3v) is 5.59. The Hall–Kier alpha value is -4.07. The van der Waals surface area contributed by atoms with E-state index in [0.717, 1.165) is 52.3 Å². The maximum Gasteiger partial charge on any atom is 0.170 e. The Morgan fingerprint density at radius 3 is 2.65 bits per heavy atom. The first-order valence-corrected chi connectivity index (χ1v) is 10.0. The van der Waals surface area contributed by atoms with Gasteiger partial charge in [-0.25, -0.2) is 19.0 Å². The summed E-state index contributed by atoms with van der Waals surface area (Å²) in [5.74, 6) is 1.26. The van der Waals surface area contributed by atoms with E-state index in [1.54, 1.807) is 24.7 Å². The van der Waals surface area contributed by atoms with Crippen molar-refractivity contribution in [1.29, 1.82) is 0 Å². The topological polar surface area (TPSA) is 72.9 Å². The molecule has 31 heavy (non-hydrogen) atoms. The molecule has 0 fully saturated rings. The number of para-hydroxylation sites is 1. The molecular weight excluding hydrogens is 395 g/mol. The van der Waals surface area contributed by atoms with E-state index >= 15 is 0 Å². The van der Waals surface area contributed by atoms with Crippen LogP contribution in [0.25, 0.3) is 28.0 Å². The van der Waals surface area contributed by atoms with Crippen LogP contribution in [-0.4, -0.2) is 31.4 Å². The van der Waals surface area contributed by atoms with Gasteiger partial charge in [0, 0.05) is 17.7 Å². The van der Waals surface area contributed by atoms with Crippen molar-refractivity contribution in [2.75, 3.05) is 11.4 Å². The molecule has 6 rings (SSSR count). The van der Waals surface area contributed by atoms with Crippen LogP contribution in [0.3, 0.4) is 0 Å². The molecule has 0 atom stereocenters. The summed E-state index contributed by atoms with van der Waals surface area (Å²) in [4.78, 5) is 11.2. The van der Waals surface area contributed by atoms with Gasteiger partial charge < -0.3 is 9.42 Å². The molecule has 5 aromatic rings. The Morgan fingerprint density at radius 1 is 0.968 bits per heavy atom. The third kappa shape index (κ3) is 2.95. The maximum absolute atomic E-state index is 13.3. The Labute approximate surface area is 176 Å². The fraction of sp³-hybridized carbons (Fsp3) is 0.130. The smallest absolute Gasteiger partial charge is 0.170 e. The van der Waals surface area contributed by atoms with Crippen LogP contribution in [0.15, 0.2) is 71.6 Å². The number of anilines is 1. The zero-order valence-corrected chi connectivity index (χ0v) is 16.4. The van der Waals surface area contributed by atoms with Gasteiger partial charge in [-0.05, 0) is 42.8 Å². The van der Waals surface area contributed by atoms with Gasteiger partial charge in [-0.3, -0.25) is 0 Å². The van der Waals surface area contributed by atoms with Crippen LogP contribution in [0.1, 0.15) is 11.3 Å². The molecular formula is C23H17FN6O. The van der Waals surface area contributed by atoms with Crippen molar-refractivity contribution >= 4 is 16.9 Å². The summed E-state index contributed by atoms with van der Waals surface area (Å²) < 4.78 is 20.7. The van der Waals surface area contributed by atoms with Crippen molar-refractivity contribution < 1.29 is 8.91 Å². The lowest BCUT2D eigenvalue weighted by Crippen LogP contribution is -2.31. The quantitative estimate of drug-likeness (QED) is 0.443. The average Bonchev–Trinajstić information content (AvgIpc) is 3.44. The molecule has 1 aliphatic rings. The van der Waals surface area contributed by atoms with Crippen LogP contribution >= 0.6 is 0 Å². The Bertz CT molecular complexity index is 1380. The second-order valence-corrected chi connectivity index (χ2v) is 7.44. The number of halogens is 1. The van der Waals surface area contributed by atoms with Gasteiger partial charge in [-0.2, -0.15) is 5.10 Å². The molecule has 3 aromatic heterocycles. The lowest BCUT2D eigenvalue weighted by Gasteiger charge is -2.27. The number of hydrogen-bond donors (Lipinski definition) is 0. The lowest BCUT2D eigenvalue weighted by atomic mass is 10.0. The Balaban J connectivity index is 1.35. The summed E-state index contributed by atoms with van der Waals surface area (Å²) in [6, 6.07) is 16.2. The molecule has 7 nitrogen and oxygen atoms in total. The average molecular weight is 412 g/mol. The Kier molecular flexibility index (Phi) is 4.02. The maximum atomic E-state index is 13.3. The van der Waals surface area contributed by atoms with E-state index in [0.29, 0.717) is 12.3 Å². The first-order valence-electron chi connectivity index (χ1n) is 10.0. The molecule has 4 heterocycles. The van der Waals surface area contributed by atoms with Crippen molar-refractivity contribution in [2.24, 2.45) is 0 Å². The largest absolute Gasteiger partial charge is 0.356 e. The highest BCUT2D eigenvalue weighted by Gasteiger charge is 2.27. The predicted molar refractivity (Wildman–Crippen MR) is 113 cm³/mol. The molecule has 0 amide bonds. The number of nitrogens with zero attached hydrogens (tertiary/aromatic N) is 6. The van der Waals surface area contributed by atoms with Gasteiger partial charge in [0.25, 0.3) is 0 Å². The van der Waals surface area contributed by atoms with Gasteiger partial charge >= 0.3 is 0 Å². The fourth-order valence-corrected chi connectivity index (χ4v) is 4.08. The van der Waals surface area contributed by atoms with Crippen LogP contribution in [-0.2, 0) is 13.0 Å². The van der Waals surface area contributed by atoms with E-state index in [9.17, 15) is 4.39 Å². The molecule has 0 radical (unpaired) electrons. The van der Waals surface area contributed by atoms with Crippen LogP contribution in [0.5, 0.6) is 0 Å². The number of hydrogen-bond acceptors (Lipinski definition) is 6. The highest BCUT2D eigenvalue weighted by atomic mass is 19.1. The third-order valence-electron chi connectivity index (χ3n) is 5.59. The molecule has 0 saturated carbocycles. The van der Waals surface area contributed by atoms with Gasteiger partial charge in [0.2, 0.25) is 0 Å². The molecule has 0 unspecified atom stereocenters. The normalized spacial score (nSPS) is 13.5. The first kappa shape index (κ1) is 17.8. The van der Waals surface area contributed by atoms with E-state index < -0.39 is 0 Å². The highest BCUT2D eigenvalue weighted by Crippen LogP contribution is 2.33. The van der Waals surface area contributed by atoms with Gasteiger partial charge in [-0.1, -0.05) is 23.4 Å². The van der Waals surface area contributed by atoms with Crippen molar-refractivity contribution in [1.82, 2.24) is 24.9 Å². The zero-order chi connectivity index (χ0) is 20.8. The summed E-state index contributed by atoms with van der Waals surface area (Å²) in [7, 11) is 0. The fourth-order valence-electron chi connectivity index (χ4n) is 4.08. The summed E-state index contributed by atoms with van der Waals surface area (Å²) in [5.41, 5.74) is 4.47. The second-order valence-electron chi connectivity index (χ2n) is 7.44. The molecule has 0 saturated heterocycles. The van der Waals surface area contributed by atoms with E-state index in [1.165, 1.54) is 12.1 Å². The SMILES string of the molecule is Fc1ccc(-c2onc3c2CCN(c2ncnc4c2cnn4-c2ccccc2)C3)cc1. The van der Waals surface area contributed by atoms with Crippen molar-refractivity contribution in [2.45, 2.75) is 13.0 Å². The number of aromatic nitrogens is 5. The number of rotatable bonds is 3. The Morgan fingerprint density at radius 2 is 1.81 bits per heavy atom. The van der Waals surface area contributed by atoms with E-state index in [2.05, 4.69) is 25.1 Å². The van der Waals surface area contributed by atoms with E-state index in [1.807, 2.05) is 35.0 Å². The summed E-state index contributed by atoms with van der Waals surface area (Å²) in [6.45, 7) is 1.33. The molecule has 0 spiro atoms. The van der Waals surface area contributed by atoms with Crippen LogP contribution in [0, 0.1) is 5.82 Å². The van der Waals surface area contributed by atoms with Gasteiger partial charge in [0.15, 0.2) is 11.4 Å². The van der Waals surface area contributed by atoms with Crippen molar-refractivity contribution in [3.05, 3.63) is 84.2 Å². The number of fused-ring (bicyclic) bond motifs is 2. The molecule has 0 aliphatic carbocycles. The highest BCUT2D eigenvalue weighted by molar-refractivity contribution is 5.87. The monoisotopic (exact) mass is 412 g/mol. The predicted octanol–water partition coefficient (Wildman–Crippen LogP) is 4.17. The first-order chi connectivity index (χ1) is 15.3. The molecule has 0 bridgehead atoms. The molecule has 8 heteroatoms. The molecule has 152 valence electrons. The van der Waals surface area contributed by atoms with Crippen molar-refractivity contribution in [3.63, 3.8) is 0 Å². The van der Waals surface area contributed by atoms with Crippen LogP contribution < -0.4 is 4.90 Å². The van der Waals surface area contributed by atoms with Gasteiger partial charge in [0.1, 0.15) is 23.7 Å². The summed E-state index contributed by atoms with van der Waals surface area (Å²) in [6.07, 6.45) is 4.13. The van der Waals surface area contributed by atoms with Gasteiger partial charge in [0.05, 0.1) is 23.8 Å². The molecule has 2 aromatic carbocycles. The minimum atomic E-state index is -0.271. The summed E-state index contributed by atoms with van der Waals surface area (Å²) in [5, 5.41) is 9.71. The van der Waals surface area contributed by atoms with Gasteiger partial charge in [-0.15, -0.1) is 0 Å². The minimum Gasteiger partial charge on any atom is -0.356 e. The molecule has 1 aliphatic heterocycles. The number of benzene rings is 2. The van der Waals surface area contributed by atoms with Crippen molar-refractivity contribution in [3.8, 4) is 17.0 Å². The standard InChI is InChI=1S/C23H17FN6O/c24-16-8-6-15(7-9-16)21-18-10-11-29(13-20(18)28-31-21)22-19-12-27-30(23(19)26-14-25-22)17-4-2-1-3-5-17/h1-9,12,14H,10-11,13H2. The second kappa shape index (κ2) is 7.02. The lowest BCUT2D eigenvalue weighted by molar-refractivity contribution is 0.423. The van der Waals surface area contributed by atoms with Crippen LogP contribution in [0.2, 0.25) is 0 Å². The minimum absolute atomic E-state index is 0.271.